The van der Waals surface area contributed by atoms with E-state index in [0.717, 1.165) is 60.1 Å². The van der Waals surface area contributed by atoms with Gasteiger partial charge >= 0.3 is 0 Å². The summed E-state index contributed by atoms with van der Waals surface area (Å²) < 4.78 is 24.3. The summed E-state index contributed by atoms with van der Waals surface area (Å²) in [6.45, 7) is 4.07. The number of primary sulfonamides is 1. The van der Waals surface area contributed by atoms with Crippen molar-refractivity contribution in [2.45, 2.75) is 68.5 Å². The second-order valence-electron chi connectivity index (χ2n) is 10.8. The smallest absolute Gasteiger partial charge is 0.238 e. The Hall–Kier alpha value is -3.34. The SMILES string of the molecule is CCc1cc(C2(c3cccc(S(N)(=O)=O)c3)C=CC=C(C)N2)nc2cnc(NC3CCC(N(C)C)CC3)nc12. The van der Waals surface area contributed by atoms with E-state index in [2.05, 4.69) is 47.6 Å². The van der Waals surface area contributed by atoms with Crippen LogP contribution >= 0.6 is 0 Å². The van der Waals surface area contributed by atoms with E-state index in [0.29, 0.717) is 23.5 Å². The monoisotopic (exact) mass is 547 g/mol. The lowest BCUT2D eigenvalue weighted by atomic mass is 9.83. The number of nitrogens with one attached hydrogen (secondary N) is 2. The number of sulfonamides is 1. The van der Waals surface area contributed by atoms with E-state index in [4.69, 9.17) is 15.1 Å². The number of nitrogens with zero attached hydrogens (tertiary/aromatic N) is 4. The van der Waals surface area contributed by atoms with Crippen molar-refractivity contribution in [3.05, 3.63) is 77.3 Å². The molecular formula is C29H37N7O2S. The van der Waals surface area contributed by atoms with Gasteiger partial charge in [0.2, 0.25) is 16.0 Å². The fraction of sp³-hybridized carbons (Fsp3) is 0.414. The molecule has 0 radical (unpaired) electrons. The number of pyridine rings is 1. The van der Waals surface area contributed by atoms with Crippen LogP contribution in [0.5, 0.6) is 0 Å². The van der Waals surface area contributed by atoms with Crippen LogP contribution in [0.25, 0.3) is 11.0 Å². The number of hydrogen-bond donors (Lipinski definition) is 3. The second kappa shape index (κ2) is 10.7. The normalized spacial score (nSPS) is 23.5. The molecule has 10 heteroatoms. The molecule has 206 valence electrons. The van der Waals surface area contributed by atoms with Crippen LogP contribution in [-0.2, 0) is 22.0 Å². The van der Waals surface area contributed by atoms with Crippen molar-refractivity contribution in [1.82, 2.24) is 25.2 Å². The Morgan fingerprint density at radius 1 is 1.15 bits per heavy atom. The minimum atomic E-state index is -3.87. The van der Waals surface area contributed by atoms with Gasteiger partial charge in [0.05, 0.1) is 22.3 Å². The molecule has 1 fully saturated rings. The van der Waals surface area contributed by atoms with Crippen LogP contribution in [0, 0.1) is 0 Å². The lowest BCUT2D eigenvalue weighted by Crippen LogP contribution is -2.43. The van der Waals surface area contributed by atoms with Gasteiger partial charge in [0, 0.05) is 17.8 Å². The van der Waals surface area contributed by atoms with Gasteiger partial charge in [-0.25, -0.2) is 28.5 Å². The Morgan fingerprint density at radius 2 is 1.92 bits per heavy atom. The number of aromatic nitrogens is 3. The van der Waals surface area contributed by atoms with Gasteiger partial charge in [-0.1, -0.05) is 25.1 Å². The highest BCUT2D eigenvalue weighted by Crippen LogP contribution is 2.36. The maximum atomic E-state index is 12.2. The number of hydrogen-bond acceptors (Lipinski definition) is 8. The molecule has 1 saturated carbocycles. The van der Waals surface area contributed by atoms with Gasteiger partial charge in [-0.15, -0.1) is 0 Å². The molecular weight excluding hydrogens is 510 g/mol. The minimum Gasteiger partial charge on any atom is -0.371 e. The summed E-state index contributed by atoms with van der Waals surface area (Å²) >= 11 is 0. The lowest BCUT2D eigenvalue weighted by molar-refractivity contribution is 0.221. The molecule has 1 unspecified atom stereocenters. The summed E-state index contributed by atoms with van der Waals surface area (Å²) in [4.78, 5) is 16.9. The van der Waals surface area contributed by atoms with Gasteiger partial charge in [0.1, 0.15) is 11.1 Å². The first-order chi connectivity index (χ1) is 18.6. The first-order valence-electron chi connectivity index (χ1n) is 13.5. The highest BCUT2D eigenvalue weighted by atomic mass is 32.2. The van der Waals surface area contributed by atoms with Gasteiger partial charge in [0.15, 0.2) is 0 Å². The average molecular weight is 548 g/mol. The van der Waals surface area contributed by atoms with Gasteiger partial charge in [-0.05, 0) is 94.6 Å². The third-order valence-corrected chi connectivity index (χ3v) is 8.79. The summed E-state index contributed by atoms with van der Waals surface area (Å²) in [6, 6.07) is 9.75. The third kappa shape index (κ3) is 5.54. The number of nitrogens with two attached hydrogens (primary N) is 1. The molecule has 1 aliphatic heterocycles. The fourth-order valence-electron chi connectivity index (χ4n) is 5.66. The Kier molecular flexibility index (Phi) is 7.45. The second-order valence-corrected chi connectivity index (χ2v) is 12.3. The number of allylic oxidation sites excluding steroid dienone is 3. The molecule has 0 spiro atoms. The Bertz CT molecular complexity index is 1540. The van der Waals surface area contributed by atoms with Crippen molar-refractivity contribution in [3.8, 4) is 0 Å². The molecule has 1 aromatic carbocycles. The first-order valence-corrected chi connectivity index (χ1v) is 15.0. The molecule has 3 heterocycles. The van der Waals surface area contributed by atoms with E-state index >= 15 is 0 Å². The number of rotatable bonds is 7. The molecule has 5 rings (SSSR count). The highest BCUT2D eigenvalue weighted by Gasteiger charge is 2.36. The number of aryl methyl sites for hydroxylation is 1. The van der Waals surface area contributed by atoms with E-state index in [1.807, 2.05) is 31.2 Å². The van der Waals surface area contributed by atoms with Crippen LogP contribution in [0.3, 0.4) is 0 Å². The van der Waals surface area contributed by atoms with Gasteiger partial charge in [-0.2, -0.15) is 0 Å². The first kappa shape index (κ1) is 27.2. The van der Waals surface area contributed by atoms with Crippen LogP contribution in [0.15, 0.2) is 65.3 Å². The molecule has 1 atom stereocenters. The predicted octanol–water partition coefficient (Wildman–Crippen LogP) is 3.83. The van der Waals surface area contributed by atoms with Crippen molar-refractivity contribution in [2.24, 2.45) is 5.14 Å². The topological polar surface area (TPSA) is 126 Å². The molecule has 1 aliphatic carbocycles. The summed E-state index contributed by atoms with van der Waals surface area (Å²) in [5.74, 6) is 0.630. The number of anilines is 1. The van der Waals surface area contributed by atoms with Crippen molar-refractivity contribution in [1.29, 1.82) is 0 Å². The highest BCUT2D eigenvalue weighted by molar-refractivity contribution is 7.89. The largest absolute Gasteiger partial charge is 0.371 e. The summed E-state index contributed by atoms with van der Waals surface area (Å²) in [7, 11) is 0.422. The third-order valence-electron chi connectivity index (χ3n) is 7.88. The average Bonchev–Trinajstić information content (AvgIpc) is 2.92. The maximum Gasteiger partial charge on any atom is 0.238 e. The zero-order valence-electron chi connectivity index (χ0n) is 23.0. The van der Waals surface area contributed by atoms with Gasteiger partial charge in [-0.3, -0.25) is 0 Å². The van der Waals surface area contributed by atoms with Gasteiger partial charge in [0.25, 0.3) is 0 Å². The number of dihydropyridines is 1. The Morgan fingerprint density at radius 3 is 2.59 bits per heavy atom. The quantitative estimate of drug-likeness (QED) is 0.408. The number of benzene rings is 1. The van der Waals surface area contributed by atoms with Crippen molar-refractivity contribution in [2.75, 3.05) is 19.4 Å². The van der Waals surface area contributed by atoms with Crippen LogP contribution in [0.1, 0.15) is 56.4 Å². The molecule has 39 heavy (non-hydrogen) atoms. The number of fused-ring (bicyclic) bond motifs is 1. The maximum absolute atomic E-state index is 12.2. The zero-order valence-corrected chi connectivity index (χ0v) is 23.8. The molecule has 2 aromatic heterocycles. The van der Waals surface area contributed by atoms with Crippen LogP contribution in [-0.4, -0.2) is 54.4 Å². The van der Waals surface area contributed by atoms with E-state index in [9.17, 15) is 8.42 Å². The molecule has 9 nitrogen and oxygen atoms in total. The van der Waals surface area contributed by atoms with Crippen LogP contribution in [0.4, 0.5) is 5.95 Å². The van der Waals surface area contributed by atoms with E-state index < -0.39 is 15.6 Å². The molecule has 3 aromatic rings. The van der Waals surface area contributed by atoms with Crippen molar-refractivity contribution in [3.63, 3.8) is 0 Å². The summed E-state index contributed by atoms with van der Waals surface area (Å²) in [5.41, 5.74) is 4.04. The molecule has 2 aliphatic rings. The predicted molar refractivity (Wildman–Crippen MR) is 155 cm³/mol. The fourth-order valence-corrected chi connectivity index (χ4v) is 6.22. The lowest BCUT2D eigenvalue weighted by Gasteiger charge is -2.36. The van der Waals surface area contributed by atoms with E-state index in [1.54, 1.807) is 18.3 Å². The van der Waals surface area contributed by atoms with Crippen LogP contribution in [0.2, 0.25) is 0 Å². The van der Waals surface area contributed by atoms with E-state index in [-0.39, 0.29) is 4.90 Å². The standard InChI is InChI=1S/C29H37N7O2S/c1-5-20-16-26(29(15-7-8-19(2)35-29)21-9-6-10-24(17-21)39(30,37)38)33-25-18-31-28(34-27(20)25)32-22-11-13-23(14-12-22)36(3)4/h6-10,15-18,22-23,35H,5,11-14H2,1-4H3,(H2,30,37,38)(H,31,32,34). The Labute approximate surface area is 230 Å². The van der Waals surface area contributed by atoms with Gasteiger partial charge < -0.3 is 15.5 Å². The zero-order chi connectivity index (χ0) is 27.8. The summed E-state index contributed by atoms with van der Waals surface area (Å²) in [6.07, 6.45) is 13.0. The summed E-state index contributed by atoms with van der Waals surface area (Å²) in [5, 5.41) is 12.6. The van der Waals surface area contributed by atoms with Crippen molar-refractivity contribution >= 4 is 27.0 Å². The Balaban J connectivity index is 1.53. The van der Waals surface area contributed by atoms with E-state index in [1.165, 1.54) is 6.07 Å². The molecule has 4 N–H and O–H groups in total. The van der Waals surface area contributed by atoms with Crippen LogP contribution < -0.4 is 15.8 Å². The molecule has 0 saturated heterocycles. The van der Waals surface area contributed by atoms with Crippen molar-refractivity contribution < 1.29 is 8.42 Å². The minimum absolute atomic E-state index is 0.0527. The molecule has 0 bridgehead atoms. The molecule has 0 amide bonds.